The average Bonchev–Trinajstić information content (AvgIpc) is 2.61. The van der Waals surface area contributed by atoms with Crippen molar-refractivity contribution < 1.29 is 19.2 Å². The second kappa shape index (κ2) is 14.3. The fourth-order valence-electron chi connectivity index (χ4n) is 2.24. The number of aliphatic hydroxyl groups excluding tert-OH is 1. The van der Waals surface area contributed by atoms with Crippen LogP contribution in [0.2, 0.25) is 0 Å². The lowest BCUT2D eigenvalue weighted by atomic mass is 10.1. The summed E-state index contributed by atoms with van der Waals surface area (Å²) < 4.78 is 16.2. The Kier molecular flexibility index (Phi) is 12.5. The molecular weight excluding hydrogens is 305 g/mol. The summed E-state index contributed by atoms with van der Waals surface area (Å²) in [6, 6.07) is 7.69. The van der Waals surface area contributed by atoms with Crippen molar-refractivity contribution in [3.63, 3.8) is 0 Å². The first kappa shape index (κ1) is 21.0. The Bertz CT molecular complexity index is 420. The SMILES string of the molecule is CCCCOCCCCOc1cccc(C(O)CCNBOC)c1. The zero-order valence-corrected chi connectivity index (χ0v) is 15.1. The van der Waals surface area contributed by atoms with Crippen molar-refractivity contribution in [2.45, 2.75) is 45.1 Å². The van der Waals surface area contributed by atoms with Crippen LogP contribution in [0.15, 0.2) is 24.3 Å². The molecule has 5 nitrogen and oxygen atoms in total. The van der Waals surface area contributed by atoms with E-state index in [1.807, 2.05) is 24.3 Å². The molecule has 0 saturated carbocycles. The molecule has 0 fully saturated rings. The minimum absolute atomic E-state index is 0.495. The summed E-state index contributed by atoms with van der Waals surface area (Å²) in [7, 11) is 2.14. The van der Waals surface area contributed by atoms with Crippen LogP contribution in [0.1, 0.15) is 50.7 Å². The normalized spacial score (nSPS) is 12.1. The third-order valence-electron chi connectivity index (χ3n) is 3.68. The van der Waals surface area contributed by atoms with Crippen LogP contribution in [0, 0.1) is 0 Å². The zero-order chi connectivity index (χ0) is 17.5. The van der Waals surface area contributed by atoms with Crippen LogP contribution < -0.4 is 9.96 Å². The van der Waals surface area contributed by atoms with Crippen molar-refractivity contribution in [1.82, 2.24) is 5.23 Å². The Hall–Kier alpha value is -1.08. The predicted molar refractivity (Wildman–Crippen MR) is 98.6 cm³/mol. The van der Waals surface area contributed by atoms with Gasteiger partial charge in [-0.2, -0.15) is 0 Å². The maximum absolute atomic E-state index is 10.2. The number of hydrogen-bond acceptors (Lipinski definition) is 5. The fourth-order valence-corrected chi connectivity index (χ4v) is 2.24. The van der Waals surface area contributed by atoms with Gasteiger partial charge in [-0.25, -0.2) is 0 Å². The van der Waals surface area contributed by atoms with E-state index in [1.54, 1.807) is 7.11 Å². The Morgan fingerprint density at radius 3 is 2.75 bits per heavy atom. The van der Waals surface area contributed by atoms with E-state index >= 15 is 0 Å². The molecule has 6 heteroatoms. The van der Waals surface area contributed by atoms with Crippen LogP contribution in [-0.2, 0) is 9.39 Å². The molecule has 1 atom stereocenters. The zero-order valence-electron chi connectivity index (χ0n) is 15.1. The largest absolute Gasteiger partial charge is 0.494 e. The maximum atomic E-state index is 10.2. The quantitative estimate of drug-likeness (QED) is 0.381. The predicted octanol–water partition coefficient (Wildman–Crippen LogP) is 2.59. The van der Waals surface area contributed by atoms with E-state index < -0.39 is 6.10 Å². The minimum atomic E-state index is -0.495. The third-order valence-corrected chi connectivity index (χ3v) is 3.68. The van der Waals surface area contributed by atoms with Gasteiger partial charge in [-0.15, -0.1) is 0 Å². The highest BCUT2D eigenvalue weighted by Gasteiger charge is 2.08. The van der Waals surface area contributed by atoms with E-state index in [4.69, 9.17) is 14.1 Å². The molecule has 0 saturated heterocycles. The first-order chi connectivity index (χ1) is 11.8. The van der Waals surface area contributed by atoms with Gasteiger partial charge in [0, 0.05) is 20.3 Å². The molecule has 0 aliphatic rings. The summed E-state index contributed by atoms with van der Waals surface area (Å²) in [5.41, 5.74) is 0.884. The molecule has 0 aliphatic carbocycles. The van der Waals surface area contributed by atoms with Gasteiger partial charge >= 0.3 is 7.62 Å². The lowest BCUT2D eigenvalue weighted by Gasteiger charge is -2.13. The molecule has 136 valence electrons. The lowest BCUT2D eigenvalue weighted by Crippen LogP contribution is -2.23. The Morgan fingerprint density at radius 1 is 1.17 bits per heavy atom. The molecule has 1 aromatic carbocycles. The highest BCUT2D eigenvalue weighted by Crippen LogP contribution is 2.21. The molecule has 0 heterocycles. The molecule has 2 N–H and O–H groups in total. The molecule has 0 bridgehead atoms. The van der Waals surface area contributed by atoms with Crippen LogP contribution in [0.4, 0.5) is 0 Å². The van der Waals surface area contributed by atoms with Crippen molar-refractivity contribution >= 4 is 7.62 Å². The molecular formula is C18H32BNO4. The van der Waals surface area contributed by atoms with Crippen LogP contribution in [0.3, 0.4) is 0 Å². The molecule has 1 unspecified atom stereocenters. The van der Waals surface area contributed by atoms with Crippen LogP contribution in [0.25, 0.3) is 0 Å². The van der Waals surface area contributed by atoms with Gasteiger partial charge in [-0.1, -0.05) is 25.5 Å². The van der Waals surface area contributed by atoms with E-state index in [1.165, 1.54) is 6.42 Å². The van der Waals surface area contributed by atoms with Gasteiger partial charge in [-0.3, -0.25) is 0 Å². The lowest BCUT2D eigenvalue weighted by molar-refractivity contribution is 0.123. The van der Waals surface area contributed by atoms with E-state index in [0.717, 1.165) is 43.8 Å². The minimum Gasteiger partial charge on any atom is -0.494 e. The van der Waals surface area contributed by atoms with Gasteiger partial charge < -0.3 is 24.5 Å². The topological polar surface area (TPSA) is 60.0 Å². The second-order valence-electron chi connectivity index (χ2n) is 5.83. The molecule has 0 aromatic heterocycles. The van der Waals surface area contributed by atoms with Gasteiger partial charge in [0.05, 0.1) is 12.7 Å². The summed E-state index contributed by atoms with van der Waals surface area (Å²) in [6.07, 6.45) is 4.43. The Morgan fingerprint density at radius 2 is 1.96 bits per heavy atom. The first-order valence-electron chi connectivity index (χ1n) is 8.96. The average molecular weight is 337 g/mol. The molecule has 0 spiro atoms. The van der Waals surface area contributed by atoms with Crippen molar-refractivity contribution in [3.05, 3.63) is 29.8 Å². The number of aliphatic hydroxyl groups is 1. The molecule has 0 amide bonds. The van der Waals surface area contributed by atoms with Gasteiger partial charge in [0.25, 0.3) is 0 Å². The third kappa shape index (κ3) is 9.93. The maximum Gasteiger partial charge on any atom is 0.360 e. The van der Waals surface area contributed by atoms with Crippen LogP contribution >= 0.6 is 0 Å². The van der Waals surface area contributed by atoms with E-state index in [-0.39, 0.29) is 0 Å². The number of ether oxygens (including phenoxy) is 2. The molecule has 0 aliphatic heterocycles. The number of benzene rings is 1. The monoisotopic (exact) mass is 337 g/mol. The summed E-state index contributed by atoms with van der Waals surface area (Å²) in [6.45, 7) is 5.20. The van der Waals surface area contributed by atoms with E-state index in [0.29, 0.717) is 27.2 Å². The van der Waals surface area contributed by atoms with E-state index in [2.05, 4.69) is 12.2 Å². The number of unbranched alkanes of at least 4 members (excludes halogenated alkanes) is 2. The standard InChI is InChI=1S/C18H32BNO4/c1-3-4-12-23-13-5-6-14-24-17-9-7-8-16(15-17)18(21)10-11-20-19-22-2/h7-9,15,18-21H,3-6,10-14H2,1-2H3. The molecule has 24 heavy (non-hydrogen) atoms. The second-order valence-corrected chi connectivity index (χ2v) is 5.83. The van der Waals surface area contributed by atoms with Crippen molar-refractivity contribution in [2.75, 3.05) is 33.5 Å². The fraction of sp³-hybridized carbons (Fsp3) is 0.667. The summed E-state index contributed by atoms with van der Waals surface area (Å²) in [4.78, 5) is 0. The summed E-state index contributed by atoms with van der Waals surface area (Å²) in [5.74, 6) is 0.809. The van der Waals surface area contributed by atoms with Crippen LogP contribution in [-0.4, -0.2) is 46.2 Å². The van der Waals surface area contributed by atoms with Crippen molar-refractivity contribution in [3.8, 4) is 5.75 Å². The van der Waals surface area contributed by atoms with Crippen molar-refractivity contribution in [1.29, 1.82) is 0 Å². The van der Waals surface area contributed by atoms with Crippen LogP contribution in [0.5, 0.6) is 5.75 Å². The number of hydrogen-bond donors (Lipinski definition) is 2. The summed E-state index contributed by atoms with van der Waals surface area (Å²) >= 11 is 0. The van der Waals surface area contributed by atoms with Gasteiger partial charge in [0.15, 0.2) is 0 Å². The highest BCUT2D eigenvalue weighted by atomic mass is 16.5. The Balaban J connectivity index is 2.19. The summed E-state index contributed by atoms with van der Waals surface area (Å²) in [5, 5.41) is 13.3. The first-order valence-corrected chi connectivity index (χ1v) is 8.96. The number of nitrogens with one attached hydrogen (secondary N) is 1. The van der Waals surface area contributed by atoms with Crippen molar-refractivity contribution in [2.24, 2.45) is 0 Å². The highest BCUT2D eigenvalue weighted by molar-refractivity contribution is 6.23. The molecule has 0 radical (unpaired) electrons. The van der Waals surface area contributed by atoms with E-state index in [9.17, 15) is 5.11 Å². The molecule has 1 rings (SSSR count). The smallest absolute Gasteiger partial charge is 0.360 e. The van der Waals surface area contributed by atoms with Gasteiger partial charge in [0.1, 0.15) is 5.75 Å². The molecule has 1 aromatic rings. The van der Waals surface area contributed by atoms with Gasteiger partial charge in [-0.05, 0) is 49.9 Å². The Labute approximate surface area is 147 Å². The van der Waals surface area contributed by atoms with Gasteiger partial charge in [0.2, 0.25) is 0 Å². The number of rotatable bonds is 15.